The first-order valence-corrected chi connectivity index (χ1v) is 15.3. The van der Waals surface area contributed by atoms with Crippen LogP contribution in [-0.2, 0) is 0 Å². The predicted molar refractivity (Wildman–Crippen MR) is 176 cm³/mol. The van der Waals surface area contributed by atoms with E-state index < -0.39 is 0 Å². The van der Waals surface area contributed by atoms with E-state index in [1.807, 2.05) is 0 Å². The van der Waals surface area contributed by atoms with Gasteiger partial charge < -0.3 is 4.90 Å². The highest BCUT2D eigenvalue weighted by atomic mass is 15.2. The molecule has 1 saturated carbocycles. The van der Waals surface area contributed by atoms with Gasteiger partial charge in [0.25, 0.3) is 0 Å². The van der Waals surface area contributed by atoms with Crippen molar-refractivity contribution in [3.05, 3.63) is 150 Å². The van der Waals surface area contributed by atoms with E-state index in [0.717, 1.165) is 11.4 Å². The van der Waals surface area contributed by atoms with Gasteiger partial charge in [0.2, 0.25) is 0 Å². The molecule has 3 atom stereocenters. The van der Waals surface area contributed by atoms with Crippen LogP contribution in [-0.4, -0.2) is 16.9 Å². The second-order valence-electron chi connectivity index (χ2n) is 12.1. The van der Waals surface area contributed by atoms with Crippen molar-refractivity contribution in [1.29, 1.82) is 0 Å². The number of allylic oxidation sites excluding steroid dienone is 4. The summed E-state index contributed by atoms with van der Waals surface area (Å²) in [7, 11) is 2.29. The molecule has 0 spiro atoms. The summed E-state index contributed by atoms with van der Waals surface area (Å²) in [5, 5.41) is 2.47. The lowest BCUT2D eigenvalue weighted by molar-refractivity contribution is 0.175. The molecule has 0 radical (unpaired) electrons. The molecule has 0 bridgehead atoms. The smallest absolute Gasteiger partial charge is 0.0966 e. The molecule has 208 valence electrons. The summed E-state index contributed by atoms with van der Waals surface area (Å²) in [5.41, 5.74) is 10.1. The van der Waals surface area contributed by atoms with Gasteiger partial charge in [-0.1, -0.05) is 129 Å². The molecule has 0 N–H and O–H groups in total. The Morgan fingerprint density at radius 1 is 0.667 bits per heavy atom. The molecule has 5 aromatic rings. The quantitative estimate of drug-likeness (QED) is 0.202. The van der Waals surface area contributed by atoms with Crippen molar-refractivity contribution in [2.45, 2.75) is 32.7 Å². The van der Waals surface area contributed by atoms with Gasteiger partial charge in [-0.05, 0) is 70.3 Å². The van der Waals surface area contributed by atoms with Crippen LogP contribution in [0.15, 0.2) is 139 Å². The fraction of sp³-hybridized carbons (Fsp3) is 0.225. The molecule has 2 unspecified atom stereocenters. The molecule has 42 heavy (non-hydrogen) atoms. The van der Waals surface area contributed by atoms with Crippen LogP contribution >= 0.6 is 0 Å². The van der Waals surface area contributed by atoms with Gasteiger partial charge in [0.1, 0.15) is 0 Å². The van der Waals surface area contributed by atoms with E-state index in [-0.39, 0.29) is 6.04 Å². The van der Waals surface area contributed by atoms with Crippen molar-refractivity contribution in [3.8, 4) is 22.4 Å². The minimum Gasteiger partial charge on any atom is -0.365 e. The summed E-state index contributed by atoms with van der Waals surface area (Å²) in [6.07, 6.45) is 7.36. The number of nitrogens with zero attached hydrogens (tertiary/aromatic N) is 2. The summed E-state index contributed by atoms with van der Waals surface area (Å²) in [5.74, 6) is 1.83. The Morgan fingerprint density at radius 3 is 2.17 bits per heavy atom. The van der Waals surface area contributed by atoms with Crippen LogP contribution in [0.1, 0.15) is 44.0 Å². The van der Waals surface area contributed by atoms with Crippen LogP contribution in [0.25, 0.3) is 33.2 Å². The molecule has 1 fully saturated rings. The number of rotatable bonds is 7. The van der Waals surface area contributed by atoms with Gasteiger partial charge in [-0.3, -0.25) is 4.98 Å². The van der Waals surface area contributed by atoms with Gasteiger partial charge in [0, 0.05) is 24.2 Å². The molecular weight excluding hydrogens is 508 g/mol. The maximum atomic E-state index is 5.44. The molecule has 4 aromatic carbocycles. The lowest BCUT2D eigenvalue weighted by Gasteiger charge is -2.48. The van der Waals surface area contributed by atoms with Crippen LogP contribution in [0, 0.1) is 17.8 Å². The first-order chi connectivity index (χ1) is 20.6. The van der Waals surface area contributed by atoms with Gasteiger partial charge in [-0.15, -0.1) is 0 Å². The van der Waals surface area contributed by atoms with E-state index >= 15 is 0 Å². The Kier molecular flexibility index (Phi) is 6.99. The average Bonchev–Trinajstić information content (AvgIpc) is 3.02. The highest BCUT2D eigenvalue weighted by Gasteiger charge is 2.41. The second-order valence-corrected chi connectivity index (χ2v) is 12.1. The minimum atomic E-state index is -0.0298. The molecule has 0 aliphatic heterocycles. The van der Waals surface area contributed by atoms with Crippen LogP contribution in [0.4, 0.5) is 0 Å². The zero-order valence-electron chi connectivity index (χ0n) is 24.7. The molecule has 2 aliphatic rings. The topological polar surface area (TPSA) is 16.1 Å². The first kappa shape index (κ1) is 26.5. The van der Waals surface area contributed by atoms with Crippen molar-refractivity contribution in [3.63, 3.8) is 0 Å². The normalized spacial score (nSPS) is 18.6. The maximum absolute atomic E-state index is 5.44. The Bertz CT molecular complexity index is 1790. The Balaban J connectivity index is 1.39. The molecule has 2 heteroatoms. The van der Waals surface area contributed by atoms with E-state index in [9.17, 15) is 0 Å². The zero-order valence-corrected chi connectivity index (χ0v) is 24.7. The SMILES string of the molecule is CC(C)C1=CC=C(N(C)C(c2cccc(-c3cccc4ccccc34)n2)c2ccccc2-c2ccccc2)C2CC[C@H]12. The van der Waals surface area contributed by atoms with Gasteiger partial charge in [0.15, 0.2) is 0 Å². The monoisotopic (exact) mass is 546 g/mol. The van der Waals surface area contributed by atoms with Gasteiger partial charge in [0.05, 0.1) is 17.4 Å². The van der Waals surface area contributed by atoms with E-state index in [1.165, 1.54) is 51.6 Å². The van der Waals surface area contributed by atoms with Gasteiger partial charge in [-0.2, -0.15) is 0 Å². The summed E-state index contributed by atoms with van der Waals surface area (Å²) in [6.45, 7) is 4.68. The largest absolute Gasteiger partial charge is 0.365 e. The van der Waals surface area contributed by atoms with E-state index in [0.29, 0.717) is 17.8 Å². The van der Waals surface area contributed by atoms with Crippen LogP contribution in [0.3, 0.4) is 0 Å². The Hall–Kier alpha value is -4.43. The summed E-state index contributed by atoms with van der Waals surface area (Å²) < 4.78 is 0. The molecule has 1 aromatic heterocycles. The number of fused-ring (bicyclic) bond motifs is 2. The van der Waals surface area contributed by atoms with Crippen molar-refractivity contribution in [2.24, 2.45) is 17.8 Å². The maximum Gasteiger partial charge on any atom is 0.0966 e. The fourth-order valence-electron chi connectivity index (χ4n) is 7.22. The standard InChI is InChI=1S/C40H38N2/c1-27(2)30-25-26-39(35-24-23-33(30)35)42(3)40(36-19-10-9-18-32(36)28-13-5-4-6-14-28)38-22-12-21-37(41-38)34-20-11-16-29-15-7-8-17-31(29)34/h4-22,25-27,33,35,40H,23-24H2,1-3H3/t33-,35?,40?/m1/s1. The van der Waals surface area contributed by atoms with Crippen molar-refractivity contribution < 1.29 is 0 Å². The lowest BCUT2D eigenvalue weighted by Crippen LogP contribution is -2.40. The lowest BCUT2D eigenvalue weighted by atomic mass is 9.63. The Morgan fingerprint density at radius 2 is 1.36 bits per heavy atom. The number of hydrogen-bond acceptors (Lipinski definition) is 2. The number of pyridine rings is 1. The van der Waals surface area contributed by atoms with Gasteiger partial charge >= 0.3 is 0 Å². The van der Waals surface area contributed by atoms with Crippen molar-refractivity contribution in [1.82, 2.24) is 9.88 Å². The summed E-state index contributed by atoms with van der Waals surface area (Å²) in [6, 6.07) is 41.3. The predicted octanol–water partition coefficient (Wildman–Crippen LogP) is 10.1. The first-order valence-electron chi connectivity index (χ1n) is 15.3. The van der Waals surface area contributed by atoms with Crippen molar-refractivity contribution in [2.75, 3.05) is 7.05 Å². The number of benzene rings is 4. The molecule has 7 rings (SSSR count). The van der Waals surface area contributed by atoms with Crippen LogP contribution in [0.5, 0.6) is 0 Å². The fourth-order valence-corrected chi connectivity index (χ4v) is 7.22. The van der Waals surface area contributed by atoms with E-state index in [1.54, 1.807) is 5.57 Å². The summed E-state index contributed by atoms with van der Waals surface area (Å²) >= 11 is 0. The molecule has 1 heterocycles. The molecule has 2 nitrogen and oxygen atoms in total. The van der Waals surface area contributed by atoms with Gasteiger partial charge in [-0.25, -0.2) is 0 Å². The van der Waals surface area contributed by atoms with E-state index in [2.05, 4.69) is 153 Å². The molecule has 2 aliphatic carbocycles. The van der Waals surface area contributed by atoms with E-state index in [4.69, 9.17) is 4.98 Å². The van der Waals surface area contributed by atoms with Crippen LogP contribution < -0.4 is 0 Å². The number of aromatic nitrogens is 1. The van der Waals surface area contributed by atoms with Crippen LogP contribution in [0.2, 0.25) is 0 Å². The minimum absolute atomic E-state index is 0.0298. The zero-order chi connectivity index (χ0) is 28.6. The highest BCUT2D eigenvalue weighted by molar-refractivity contribution is 5.95. The third kappa shape index (κ3) is 4.65. The summed E-state index contributed by atoms with van der Waals surface area (Å²) in [4.78, 5) is 7.97. The Labute approximate surface area is 250 Å². The number of hydrogen-bond donors (Lipinski definition) is 0. The molecular formula is C40H38N2. The third-order valence-electron chi connectivity index (χ3n) is 9.45. The molecule has 0 amide bonds. The third-order valence-corrected chi connectivity index (χ3v) is 9.45. The van der Waals surface area contributed by atoms with Crippen molar-refractivity contribution >= 4 is 10.8 Å². The second kappa shape index (κ2) is 11.1. The molecule has 0 saturated heterocycles. The highest BCUT2D eigenvalue weighted by Crippen LogP contribution is 2.51. The average molecular weight is 547 g/mol.